The van der Waals surface area contributed by atoms with Gasteiger partial charge in [-0.05, 0) is 17.5 Å². The molecule has 0 N–H and O–H groups in total. The van der Waals surface area contributed by atoms with Gasteiger partial charge >= 0.3 is 17.9 Å². The van der Waals surface area contributed by atoms with E-state index in [2.05, 4.69) is 4.99 Å². The molecule has 1 aromatic rings. The molecule has 1 rings (SSSR count). The summed E-state index contributed by atoms with van der Waals surface area (Å²) in [6.45, 7) is 5.25. The van der Waals surface area contributed by atoms with Crippen molar-refractivity contribution in [2.24, 2.45) is 10.4 Å². The minimum Gasteiger partial charge on any atom is -0.410 e. The van der Waals surface area contributed by atoms with Crippen molar-refractivity contribution in [2.75, 3.05) is 6.54 Å². The monoisotopic (exact) mass is 304 g/mol. The molecule has 0 aliphatic heterocycles. The Balaban J connectivity index is 2.99. The fourth-order valence-electron chi connectivity index (χ4n) is 1.54. The lowest BCUT2D eigenvalue weighted by molar-refractivity contribution is -0.143. The van der Waals surface area contributed by atoms with Crippen molar-refractivity contribution in [1.82, 2.24) is 4.90 Å². The highest BCUT2D eigenvalue weighted by atomic mass is 16.6. The van der Waals surface area contributed by atoms with E-state index in [0.717, 1.165) is 6.08 Å². The summed E-state index contributed by atoms with van der Waals surface area (Å²) in [5.74, 6) is -2.38. The zero-order chi connectivity index (χ0) is 16.8. The molecule has 0 fully saturated rings. The van der Waals surface area contributed by atoms with E-state index >= 15 is 0 Å². The van der Waals surface area contributed by atoms with Gasteiger partial charge < -0.3 is 4.74 Å². The molecule has 0 aliphatic carbocycles. The smallest absolute Gasteiger partial charge is 0.410 e. The van der Waals surface area contributed by atoms with Gasteiger partial charge in [0.1, 0.15) is 5.75 Å². The van der Waals surface area contributed by atoms with E-state index in [1.54, 1.807) is 39.0 Å². The van der Waals surface area contributed by atoms with E-state index in [9.17, 15) is 19.2 Å². The Labute approximate surface area is 127 Å². The van der Waals surface area contributed by atoms with Crippen molar-refractivity contribution in [2.45, 2.75) is 20.8 Å². The van der Waals surface area contributed by atoms with Gasteiger partial charge in [-0.1, -0.05) is 39.0 Å². The Morgan fingerprint density at radius 3 is 2.27 bits per heavy atom. The molecular formula is C15H16N2O5. The summed E-state index contributed by atoms with van der Waals surface area (Å²) in [6, 6.07) is 8.10. The van der Waals surface area contributed by atoms with Crippen LogP contribution in [0.1, 0.15) is 20.8 Å². The van der Waals surface area contributed by atoms with Crippen LogP contribution in [-0.4, -0.2) is 35.4 Å². The van der Waals surface area contributed by atoms with Gasteiger partial charge in [0.2, 0.25) is 6.08 Å². The maximum absolute atomic E-state index is 12.1. The lowest BCUT2D eigenvalue weighted by atomic mass is 9.96. The number of ether oxygens (including phenoxy) is 1. The van der Waals surface area contributed by atoms with Crippen LogP contribution in [0.2, 0.25) is 0 Å². The van der Waals surface area contributed by atoms with Crippen molar-refractivity contribution in [1.29, 1.82) is 0 Å². The second-order valence-electron chi connectivity index (χ2n) is 5.64. The highest BCUT2D eigenvalue weighted by Gasteiger charge is 2.32. The normalized spacial score (nSPS) is 10.3. The molecule has 1 aromatic carbocycles. The molecule has 0 saturated carbocycles. The van der Waals surface area contributed by atoms with Crippen molar-refractivity contribution < 1.29 is 23.9 Å². The van der Waals surface area contributed by atoms with Crippen molar-refractivity contribution >= 4 is 24.0 Å². The highest BCUT2D eigenvalue weighted by molar-refractivity contribution is 6.38. The first-order valence-electron chi connectivity index (χ1n) is 6.45. The lowest BCUT2D eigenvalue weighted by Gasteiger charge is -2.26. The van der Waals surface area contributed by atoms with Crippen LogP contribution in [0.15, 0.2) is 35.3 Å². The first kappa shape index (κ1) is 17.3. The van der Waals surface area contributed by atoms with Crippen LogP contribution < -0.4 is 4.74 Å². The number of imide groups is 1. The number of benzene rings is 1. The largest absolute Gasteiger partial charge is 0.422 e. The average molecular weight is 304 g/mol. The third-order valence-electron chi connectivity index (χ3n) is 2.38. The van der Waals surface area contributed by atoms with Crippen molar-refractivity contribution in [3.63, 3.8) is 0 Å². The van der Waals surface area contributed by atoms with Gasteiger partial charge in [-0.2, -0.15) is 0 Å². The Hall–Kier alpha value is -2.79. The quantitative estimate of drug-likeness (QED) is 0.473. The maximum atomic E-state index is 12.1. The van der Waals surface area contributed by atoms with E-state index in [1.165, 1.54) is 12.1 Å². The number of hydrogen-bond acceptors (Lipinski definition) is 5. The SMILES string of the molecule is CC(C)(C)CN(C(=O)Oc1ccccc1)C(=O)C(=O)N=C=O. The molecule has 0 atom stereocenters. The topological polar surface area (TPSA) is 93.1 Å². The molecule has 116 valence electrons. The zero-order valence-electron chi connectivity index (χ0n) is 12.5. The van der Waals surface area contributed by atoms with Gasteiger partial charge in [0.05, 0.1) is 0 Å². The van der Waals surface area contributed by atoms with E-state index in [4.69, 9.17) is 4.74 Å². The molecule has 0 bridgehead atoms. The third-order valence-corrected chi connectivity index (χ3v) is 2.38. The first-order chi connectivity index (χ1) is 10.2. The first-order valence-corrected chi connectivity index (χ1v) is 6.45. The second kappa shape index (κ2) is 7.28. The average Bonchev–Trinajstić information content (AvgIpc) is 2.44. The van der Waals surface area contributed by atoms with Crippen LogP contribution in [0.25, 0.3) is 0 Å². The van der Waals surface area contributed by atoms with Crippen LogP contribution in [-0.2, 0) is 14.4 Å². The Kier molecular flexibility index (Phi) is 5.72. The number of nitrogens with zero attached hydrogens (tertiary/aromatic N) is 2. The molecule has 0 heterocycles. The minimum absolute atomic E-state index is 0.0718. The number of amides is 3. The molecular weight excluding hydrogens is 288 g/mol. The number of isocyanates is 1. The molecule has 0 aliphatic rings. The number of aliphatic imine (C=N–C) groups is 1. The standard InChI is InChI=1S/C15H16N2O5/c1-15(2,3)9-17(13(20)12(19)16-10-18)14(21)22-11-7-5-4-6-8-11/h4-8H,9H2,1-3H3. The van der Waals surface area contributed by atoms with Crippen LogP contribution in [0.4, 0.5) is 4.79 Å². The summed E-state index contributed by atoms with van der Waals surface area (Å²) >= 11 is 0. The fraction of sp³-hybridized carbons (Fsp3) is 0.333. The molecule has 0 radical (unpaired) electrons. The fourth-order valence-corrected chi connectivity index (χ4v) is 1.54. The van der Waals surface area contributed by atoms with Gasteiger partial charge in [-0.15, -0.1) is 4.99 Å². The molecule has 0 aromatic heterocycles. The molecule has 0 unspecified atom stereocenters. The van der Waals surface area contributed by atoms with Crippen molar-refractivity contribution in [3.05, 3.63) is 30.3 Å². The highest BCUT2D eigenvalue weighted by Crippen LogP contribution is 2.18. The number of hydrogen-bond donors (Lipinski definition) is 0. The van der Waals surface area contributed by atoms with Gasteiger partial charge in [-0.3, -0.25) is 9.59 Å². The van der Waals surface area contributed by atoms with Gasteiger partial charge in [0, 0.05) is 6.54 Å². The molecule has 0 spiro atoms. The Bertz CT molecular complexity index is 613. The summed E-state index contributed by atoms with van der Waals surface area (Å²) in [4.78, 5) is 48.9. The molecule has 0 saturated heterocycles. The Morgan fingerprint density at radius 2 is 1.77 bits per heavy atom. The summed E-state index contributed by atoms with van der Waals surface area (Å²) in [6.07, 6.45) is -0.0328. The maximum Gasteiger partial charge on any atom is 0.422 e. The van der Waals surface area contributed by atoms with Crippen LogP contribution in [0.3, 0.4) is 0 Å². The third kappa shape index (κ3) is 5.30. The summed E-state index contributed by atoms with van der Waals surface area (Å²) in [5.41, 5.74) is -0.476. The van der Waals surface area contributed by atoms with Crippen LogP contribution in [0, 0.1) is 5.41 Å². The van der Waals surface area contributed by atoms with Crippen molar-refractivity contribution in [3.8, 4) is 5.75 Å². The molecule has 3 amide bonds. The number of para-hydroxylation sites is 1. The number of carbonyl (C=O) groups excluding carboxylic acids is 4. The number of carbonyl (C=O) groups is 3. The van der Waals surface area contributed by atoms with E-state index in [1.807, 2.05) is 0 Å². The van der Waals surface area contributed by atoms with E-state index in [-0.39, 0.29) is 12.3 Å². The molecule has 22 heavy (non-hydrogen) atoms. The number of rotatable bonds is 2. The Morgan fingerprint density at radius 1 is 1.18 bits per heavy atom. The summed E-state index contributed by atoms with van der Waals surface area (Å²) in [7, 11) is 0. The van der Waals surface area contributed by atoms with E-state index < -0.39 is 23.3 Å². The lowest BCUT2D eigenvalue weighted by Crippen LogP contribution is -2.46. The summed E-state index contributed by atoms with van der Waals surface area (Å²) in [5, 5.41) is 0. The van der Waals surface area contributed by atoms with Gasteiger partial charge in [-0.25, -0.2) is 14.5 Å². The second-order valence-corrected chi connectivity index (χ2v) is 5.64. The zero-order valence-corrected chi connectivity index (χ0v) is 12.5. The molecule has 7 heteroatoms. The van der Waals surface area contributed by atoms with Gasteiger partial charge in [0.15, 0.2) is 0 Å². The summed E-state index contributed by atoms with van der Waals surface area (Å²) < 4.78 is 5.05. The predicted molar refractivity (Wildman–Crippen MR) is 76.8 cm³/mol. The van der Waals surface area contributed by atoms with Crippen LogP contribution in [0.5, 0.6) is 5.75 Å². The minimum atomic E-state index is -1.37. The van der Waals surface area contributed by atoms with Crippen LogP contribution >= 0.6 is 0 Å². The van der Waals surface area contributed by atoms with E-state index in [0.29, 0.717) is 4.90 Å². The van der Waals surface area contributed by atoms with Gasteiger partial charge in [0.25, 0.3) is 0 Å². The molecule has 7 nitrogen and oxygen atoms in total. The predicted octanol–water partition coefficient (Wildman–Crippen LogP) is 1.92.